The molecule has 0 spiro atoms. The maximum absolute atomic E-state index is 11.0. The minimum atomic E-state index is -3.67. The van der Waals surface area contributed by atoms with Gasteiger partial charge in [-0.3, -0.25) is 0 Å². The molecule has 0 aromatic heterocycles. The smallest absolute Gasteiger partial charge is 0.261 e. The molecule has 0 saturated carbocycles. The highest BCUT2D eigenvalue weighted by molar-refractivity contribution is 8.13. The molecular weight excluding hydrogens is 240 g/mol. The summed E-state index contributed by atoms with van der Waals surface area (Å²) in [5.41, 5.74) is 0.726. The SMILES string of the molecule is COC(OC)c1ccc(S(=O)(=O)Cl)cc1. The van der Waals surface area contributed by atoms with Gasteiger partial charge in [-0.05, 0) is 12.1 Å². The fraction of sp³-hybridized carbons (Fsp3) is 0.333. The van der Waals surface area contributed by atoms with Crippen molar-refractivity contribution in [3.63, 3.8) is 0 Å². The fourth-order valence-corrected chi connectivity index (χ4v) is 1.93. The van der Waals surface area contributed by atoms with Crippen LogP contribution in [0, 0.1) is 0 Å². The molecule has 0 bridgehead atoms. The van der Waals surface area contributed by atoms with E-state index in [1.165, 1.54) is 26.4 Å². The monoisotopic (exact) mass is 250 g/mol. The second-order valence-electron chi connectivity index (χ2n) is 2.81. The lowest BCUT2D eigenvalue weighted by Gasteiger charge is -2.13. The van der Waals surface area contributed by atoms with Gasteiger partial charge in [-0.25, -0.2) is 8.42 Å². The Morgan fingerprint density at radius 2 is 1.60 bits per heavy atom. The van der Waals surface area contributed by atoms with Crippen molar-refractivity contribution in [3.05, 3.63) is 29.8 Å². The Morgan fingerprint density at radius 1 is 1.13 bits per heavy atom. The Morgan fingerprint density at radius 3 is 1.93 bits per heavy atom. The van der Waals surface area contributed by atoms with Crippen molar-refractivity contribution in [3.8, 4) is 0 Å². The predicted molar refractivity (Wildman–Crippen MR) is 56.2 cm³/mol. The van der Waals surface area contributed by atoms with Crippen molar-refractivity contribution in [1.29, 1.82) is 0 Å². The lowest BCUT2D eigenvalue weighted by atomic mass is 10.2. The molecule has 1 aromatic carbocycles. The molecule has 0 unspecified atom stereocenters. The molecule has 0 aliphatic carbocycles. The highest BCUT2D eigenvalue weighted by Gasteiger charge is 2.12. The second kappa shape index (κ2) is 4.94. The van der Waals surface area contributed by atoms with Crippen LogP contribution >= 0.6 is 10.7 Å². The molecule has 0 heterocycles. The predicted octanol–water partition coefficient (Wildman–Crippen LogP) is 1.91. The first-order valence-corrected chi connectivity index (χ1v) is 6.40. The molecule has 0 aliphatic heterocycles. The van der Waals surface area contributed by atoms with Crippen molar-refractivity contribution in [2.75, 3.05) is 14.2 Å². The van der Waals surface area contributed by atoms with Crippen molar-refractivity contribution >= 4 is 19.7 Å². The van der Waals surface area contributed by atoms with Gasteiger partial charge in [0.05, 0.1) is 4.90 Å². The number of benzene rings is 1. The quantitative estimate of drug-likeness (QED) is 0.605. The Balaban J connectivity index is 3.00. The molecule has 1 aromatic rings. The van der Waals surface area contributed by atoms with Crippen LogP contribution in [0.2, 0.25) is 0 Å². The minimum Gasteiger partial charge on any atom is -0.352 e. The molecular formula is C9H11ClO4S. The summed E-state index contributed by atoms with van der Waals surface area (Å²) < 4.78 is 31.9. The Kier molecular flexibility index (Phi) is 4.10. The topological polar surface area (TPSA) is 52.6 Å². The standard InChI is InChI=1S/C9H11ClO4S/c1-13-9(14-2)7-3-5-8(6-4-7)15(10,11)12/h3-6,9H,1-2H3. The lowest BCUT2D eigenvalue weighted by Crippen LogP contribution is -2.03. The average Bonchev–Trinajstić information content (AvgIpc) is 2.19. The zero-order chi connectivity index (χ0) is 11.5. The third-order valence-electron chi connectivity index (χ3n) is 1.86. The third kappa shape index (κ3) is 3.17. The fourth-order valence-electron chi connectivity index (χ4n) is 1.16. The lowest BCUT2D eigenvalue weighted by molar-refractivity contribution is -0.106. The van der Waals surface area contributed by atoms with E-state index in [0.29, 0.717) is 0 Å². The summed E-state index contributed by atoms with van der Waals surface area (Å²) in [6.45, 7) is 0. The van der Waals surface area contributed by atoms with E-state index in [1.54, 1.807) is 12.1 Å². The summed E-state index contributed by atoms with van der Waals surface area (Å²) in [6.07, 6.45) is -0.503. The van der Waals surface area contributed by atoms with Gasteiger partial charge in [0.1, 0.15) is 0 Å². The van der Waals surface area contributed by atoms with E-state index < -0.39 is 15.3 Å². The zero-order valence-corrected chi connectivity index (χ0v) is 9.88. The first-order valence-electron chi connectivity index (χ1n) is 4.09. The van der Waals surface area contributed by atoms with Crippen molar-refractivity contribution in [2.45, 2.75) is 11.2 Å². The van der Waals surface area contributed by atoms with Crippen LogP contribution in [-0.4, -0.2) is 22.6 Å². The highest BCUT2D eigenvalue weighted by Crippen LogP contribution is 2.21. The second-order valence-corrected chi connectivity index (χ2v) is 5.38. The maximum Gasteiger partial charge on any atom is 0.261 e. The number of halogens is 1. The molecule has 0 amide bonds. The summed E-state index contributed by atoms with van der Waals surface area (Å²) in [7, 11) is 4.50. The van der Waals surface area contributed by atoms with Crippen LogP contribution in [0.15, 0.2) is 29.2 Å². The Labute approximate surface area is 93.2 Å². The van der Waals surface area contributed by atoms with Crippen molar-refractivity contribution in [2.24, 2.45) is 0 Å². The summed E-state index contributed by atoms with van der Waals surface area (Å²) >= 11 is 0. The maximum atomic E-state index is 11.0. The molecule has 6 heteroatoms. The van der Waals surface area contributed by atoms with Crippen molar-refractivity contribution in [1.82, 2.24) is 0 Å². The molecule has 0 N–H and O–H groups in total. The van der Waals surface area contributed by atoms with Gasteiger partial charge in [-0.2, -0.15) is 0 Å². The van der Waals surface area contributed by atoms with E-state index in [9.17, 15) is 8.42 Å². The summed E-state index contributed by atoms with van der Waals surface area (Å²) in [5, 5.41) is 0. The van der Waals surface area contributed by atoms with Gasteiger partial charge in [0.2, 0.25) is 0 Å². The van der Waals surface area contributed by atoms with Crippen LogP contribution in [0.3, 0.4) is 0 Å². The Hall–Kier alpha value is -0.620. The van der Waals surface area contributed by atoms with Gasteiger partial charge in [0.15, 0.2) is 6.29 Å². The molecule has 0 atom stereocenters. The minimum absolute atomic E-state index is 0.0545. The number of hydrogen-bond donors (Lipinski definition) is 0. The van der Waals surface area contributed by atoms with Gasteiger partial charge in [-0.15, -0.1) is 0 Å². The van der Waals surface area contributed by atoms with E-state index in [4.69, 9.17) is 20.2 Å². The van der Waals surface area contributed by atoms with E-state index >= 15 is 0 Å². The van der Waals surface area contributed by atoms with Crippen LogP contribution in [0.25, 0.3) is 0 Å². The number of hydrogen-bond acceptors (Lipinski definition) is 4. The van der Waals surface area contributed by atoms with Crippen LogP contribution in [-0.2, 0) is 18.5 Å². The van der Waals surface area contributed by atoms with Crippen LogP contribution in [0.1, 0.15) is 11.9 Å². The molecule has 1 rings (SSSR count). The largest absolute Gasteiger partial charge is 0.352 e. The summed E-state index contributed by atoms with van der Waals surface area (Å²) in [5.74, 6) is 0. The number of ether oxygens (including phenoxy) is 2. The third-order valence-corrected chi connectivity index (χ3v) is 3.23. The van der Waals surface area contributed by atoms with E-state index in [-0.39, 0.29) is 4.90 Å². The highest BCUT2D eigenvalue weighted by atomic mass is 35.7. The first kappa shape index (κ1) is 12.4. The molecule has 84 valence electrons. The van der Waals surface area contributed by atoms with E-state index in [2.05, 4.69) is 0 Å². The van der Waals surface area contributed by atoms with Gasteiger partial charge in [0, 0.05) is 30.5 Å². The first-order chi connectivity index (χ1) is 6.99. The average molecular weight is 251 g/mol. The van der Waals surface area contributed by atoms with E-state index in [1.807, 2.05) is 0 Å². The number of rotatable bonds is 4. The molecule has 4 nitrogen and oxygen atoms in total. The van der Waals surface area contributed by atoms with E-state index in [0.717, 1.165) is 5.56 Å². The summed E-state index contributed by atoms with van der Waals surface area (Å²) in [6, 6.07) is 5.99. The molecule has 0 aliphatic rings. The van der Waals surface area contributed by atoms with Gasteiger partial charge in [0.25, 0.3) is 9.05 Å². The van der Waals surface area contributed by atoms with Crippen LogP contribution in [0.5, 0.6) is 0 Å². The van der Waals surface area contributed by atoms with Crippen LogP contribution in [0.4, 0.5) is 0 Å². The normalized spacial score (nSPS) is 12.0. The zero-order valence-electron chi connectivity index (χ0n) is 8.31. The molecule has 0 radical (unpaired) electrons. The Bertz CT molecular complexity index is 408. The van der Waals surface area contributed by atoms with Crippen LogP contribution < -0.4 is 0 Å². The molecule has 0 saturated heterocycles. The summed E-state index contributed by atoms with van der Waals surface area (Å²) in [4.78, 5) is 0.0545. The molecule has 0 fully saturated rings. The van der Waals surface area contributed by atoms with Gasteiger partial charge in [-0.1, -0.05) is 12.1 Å². The van der Waals surface area contributed by atoms with Gasteiger partial charge >= 0.3 is 0 Å². The molecule has 15 heavy (non-hydrogen) atoms. The number of methoxy groups -OCH3 is 2. The van der Waals surface area contributed by atoms with Gasteiger partial charge < -0.3 is 9.47 Å². The van der Waals surface area contributed by atoms with Crippen molar-refractivity contribution < 1.29 is 17.9 Å².